The molecule has 24 heavy (non-hydrogen) atoms. The Labute approximate surface area is 157 Å². The topological polar surface area (TPSA) is 264 Å². The molecule has 0 aromatic carbocycles. The number of carboxylic acid groups (broad SMARTS) is 2. The van der Waals surface area contributed by atoms with Gasteiger partial charge < -0.3 is 76.8 Å². The van der Waals surface area contributed by atoms with E-state index in [0.717, 1.165) is 0 Å². The number of rotatable bonds is 6. The molecule has 0 heterocycles. The summed E-state index contributed by atoms with van der Waals surface area (Å²) in [5, 5.41) is 35.7. The molecule has 8 N–H and O–H groups in total. The maximum Gasteiger partial charge on any atom is 3.00 e. The second-order valence-electron chi connectivity index (χ2n) is 3.03. The zero-order chi connectivity index (χ0) is 18.6. The molecule has 0 aliphatic rings. The second kappa shape index (κ2) is 33.9. The molecule has 12 nitrogen and oxygen atoms in total. The number of aliphatic hydroxyl groups is 2. The molecule has 2 atom stereocenters. The maximum absolute atomic E-state index is 9.63. The fraction of sp³-hybridized carbons (Fsp3) is 0.800. The van der Waals surface area contributed by atoms with Crippen molar-refractivity contribution in [1.82, 2.24) is 0 Å². The molecule has 150 valence electrons. The second-order valence-corrected chi connectivity index (χ2v) is 3.03. The Morgan fingerprint density at radius 2 is 0.792 bits per heavy atom. The van der Waals surface area contributed by atoms with Crippen molar-refractivity contribution in [1.29, 1.82) is 0 Å². The first kappa shape index (κ1) is 38.8. The smallest absolute Gasteiger partial charge is 1.00 e. The van der Waals surface area contributed by atoms with Crippen LogP contribution in [0.25, 0.3) is 34.4 Å². The first-order chi connectivity index (χ1) is 10.2. The molecule has 0 bridgehead atoms. The minimum absolute atomic E-state index is 0. The SMILES string of the molecule is O=C([O-])[C@H](O)[C@@H](O)C(=O)[O-].[Cl-].[Co+3].[NH-]CC[NH-].[NH-]CC[NH-].[NH-]CC[NH-]. The van der Waals surface area contributed by atoms with Gasteiger partial charge in [-0.15, -0.1) is 0 Å². The van der Waals surface area contributed by atoms with Gasteiger partial charge in [0, 0.05) is 0 Å². The van der Waals surface area contributed by atoms with Gasteiger partial charge in [-0.1, -0.05) is 0 Å². The number of nitrogens with one attached hydrogen (secondary N) is 6. The maximum atomic E-state index is 9.63. The number of aliphatic hydroxyl groups excluding tert-OH is 2. The first-order valence-corrected chi connectivity index (χ1v) is 5.86. The number of hydrogen-bond acceptors (Lipinski definition) is 6. The van der Waals surface area contributed by atoms with Gasteiger partial charge in [0.25, 0.3) is 0 Å². The third-order valence-electron chi connectivity index (χ3n) is 1.16. The van der Waals surface area contributed by atoms with Gasteiger partial charge >= 0.3 is 16.8 Å². The Hall–Kier alpha value is -0.584. The summed E-state index contributed by atoms with van der Waals surface area (Å²) in [4.78, 5) is 19.3. The van der Waals surface area contributed by atoms with Crippen molar-refractivity contribution in [3.05, 3.63) is 34.4 Å². The van der Waals surface area contributed by atoms with Crippen molar-refractivity contribution >= 4 is 11.9 Å². The minimum Gasteiger partial charge on any atom is -1.00 e. The first-order valence-electron chi connectivity index (χ1n) is 5.86. The molecule has 0 radical (unpaired) electrons. The van der Waals surface area contributed by atoms with Crippen LogP contribution in [0.5, 0.6) is 0 Å². The predicted molar refractivity (Wildman–Crippen MR) is 77.2 cm³/mol. The van der Waals surface area contributed by atoms with E-state index in [4.69, 9.17) is 44.6 Å². The Balaban J connectivity index is -0.0000000492. The van der Waals surface area contributed by atoms with Crippen molar-refractivity contribution in [2.45, 2.75) is 12.2 Å². The van der Waals surface area contributed by atoms with Crippen molar-refractivity contribution in [3.63, 3.8) is 0 Å². The van der Waals surface area contributed by atoms with Gasteiger partial charge in [0.15, 0.2) is 0 Å². The Morgan fingerprint density at radius 1 is 0.667 bits per heavy atom. The van der Waals surface area contributed by atoms with E-state index in [1.165, 1.54) is 0 Å². The number of halogens is 1. The summed E-state index contributed by atoms with van der Waals surface area (Å²) in [5.74, 6) is -4.12. The molecule has 0 aromatic heterocycles. The normalized spacial score (nSPS) is 10.3. The van der Waals surface area contributed by atoms with Crippen LogP contribution < -0.4 is 22.6 Å². The molecule has 0 fully saturated rings. The van der Waals surface area contributed by atoms with E-state index in [2.05, 4.69) is 0 Å². The van der Waals surface area contributed by atoms with Crippen LogP contribution in [0, 0.1) is 0 Å². The zero-order valence-electron chi connectivity index (χ0n) is 12.6. The number of carboxylic acids is 2. The summed E-state index contributed by atoms with van der Waals surface area (Å²) in [6.07, 6.45) is -4.88. The molecule has 0 unspecified atom stereocenters. The standard InChI is InChI=1S/C4H6O6.3C2H6N2.ClH.Co/c5-1(3(7)8)2(6)4(9)10;3*3-1-2-4;;/h1-2,5-6H,(H,7,8)(H,9,10);3*3-4H,1-2H2;1H;/q;3*-2;;+3/p-3/t1-,2-;;;;;/m1...../s1. The third-order valence-corrected chi connectivity index (χ3v) is 1.16. The summed E-state index contributed by atoms with van der Waals surface area (Å²) < 4.78 is 0. The van der Waals surface area contributed by atoms with Crippen LogP contribution in [0.3, 0.4) is 0 Å². The van der Waals surface area contributed by atoms with E-state index in [1.54, 1.807) is 0 Å². The van der Waals surface area contributed by atoms with Gasteiger partial charge in [0.2, 0.25) is 0 Å². The zero-order valence-corrected chi connectivity index (χ0v) is 14.4. The number of aliphatic carboxylic acids is 2. The van der Waals surface area contributed by atoms with Crippen LogP contribution in [0.2, 0.25) is 0 Å². The van der Waals surface area contributed by atoms with Crippen molar-refractivity contribution < 1.29 is 59.2 Å². The third kappa shape index (κ3) is 43.0. The van der Waals surface area contributed by atoms with Gasteiger partial charge in [0.05, 0.1) is 11.9 Å². The van der Waals surface area contributed by atoms with E-state index in [1.807, 2.05) is 0 Å². The van der Waals surface area contributed by atoms with Crippen LogP contribution in [-0.2, 0) is 26.4 Å². The predicted octanol–water partition coefficient (Wildman–Crippen LogP) is -4.52. The molecule has 14 heteroatoms. The van der Waals surface area contributed by atoms with Crippen molar-refractivity contribution in [3.8, 4) is 0 Å². The van der Waals surface area contributed by atoms with Gasteiger partial charge in [-0.2, -0.15) is 39.3 Å². The van der Waals surface area contributed by atoms with Gasteiger partial charge in [-0.05, 0) is 0 Å². The summed E-state index contributed by atoms with van der Waals surface area (Å²) in [6.45, 7) is 1.42. The van der Waals surface area contributed by atoms with Crippen LogP contribution in [0.15, 0.2) is 0 Å². The van der Waals surface area contributed by atoms with Crippen molar-refractivity contribution in [2.24, 2.45) is 0 Å². The largest absolute Gasteiger partial charge is 3.00 e. The number of hydrogen-bond donors (Lipinski definition) is 2. The van der Waals surface area contributed by atoms with Gasteiger partial charge in [-0.3, -0.25) is 0 Å². The average Bonchev–Trinajstić information content (AvgIpc) is 2.53. The number of carbonyl (C=O) groups is 2. The summed E-state index contributed by atoms with van der Waals surface area (Å²) in [7, 11) is 0. The molecule has 0 rings (SSSR count). The van der Waals surface area contributed by atoms with Crippen LogP contribution in [0.1, 0.15) is 0 Å². The van der Waals surface area contributed by atoms with E-state index < -0.39 is 24.1 Å². The quantitative estimate of drug-likeness (QED) is 0.430. The van der Waals surface area contributed by atoms with E-state index in [9.17, 15) is 19.8 Å². The molecule has 0 amide bonds. The van der Waals surface area contributed by atoms with E-state index in [-0.39, 0.29) is 68.5 Å². The summed E-state index contributed by atoms with van der Waals surface area (Å²) >= 11 is 0. The summed E-state index contributed by atoms with van der Waals surface area (Å²) in [6, 6.07) is 0. The fourth-order valence-corrected chi connectivity index (χ4v) is 0.258. The molecule has 0 saturated carbocycles. The van der Waals surface area contributed by atoms with Gasteiger partial charge in [0.1, 0.15) is 12.2 Å². The molecular weight excluding hydrogens is 395 g/mol. The minimum atomic E-state index is -2.44. The molecule has 0 aliphatic carbocycles. The Kier molecular flexibility index (Phi) is 54.8. The van der Waals surface area contributed by atoms with E-state index in [0.29, 0.717) is 0 Å². The molecular formula is C10H22ClCoN6O6-6. The monoisotopic (exact) mass is 416 g/mol. The molecule has 0 saturated heterocycles. The van der Waals surface area contributed by atoms with Crippen LogP contribution in [0.4, 0.5) is 0 Å². The number of carbonyl (C=O) groups excluding carboxylic acids is 2. The molecule has 0 aliphatic heterocycles. The molecule has 0 spiro atoms. The Morgan fingerprint density at radius 3 is 0.833 bits per heavy atom. The summed E-state index contributed by atoms with van der Waals surface area (Å²) in [5.41, 5.74) is 37.6. The van der Waals surface area contributed by atoms with Crippen LogP contribution in [-0.4, -0.2) is 73.6 Å². The Bertz CT molecular complexity index is 224. The van der Waals surface area contributed by atoms with Crippen LogP contribution >= 0.6 is 0 Å². The van der Waals surface area contributed by atoms with Gasteiger partial charge in [-0.25, -0.2) is 0 Å². The average molecular weight is 417 g/mol. The fourth-order valence-electron chi connectivity index (χ4n) is 0.258. The molecule has 0 aromatic rings. The van der Waals surface area contributed by atoms with E-state index >= 15 is 0 Å². The van der Waals surface area contributed by atoms with Crippen molar-refractivity contribution in [2.75, 3.05) is 39.3 Å².